The summed E-state index contributed by atoms with van der Waals surface area (Å²) in [6.07, 6.45) is 1.57. The summed E-state index contributed by atoms with van der Waals surface area (Å²) in [6.45, 7) is 1.94. The van der Waals surface area contributed by atoms with Crippen molar-refractivity contribution >= 4 is 32.7 Å². The normalized spacial score (nSPS) is 10.8. The standard InChI is InChI=1S/C17H16BrN3O/c18-14-6-7-16-15(10-14)17(21-12-20-16)19-8-9-22-11-13-4-2-1-3-5-13/h1-7,10,12H,8-9,11H2,(H,19,20,21). The Kier molecular flexibility index (Phi) is 4.98. The Morgan fingerprint density at radius 2 is 1.91 bits per heavy atom. The molecule has 1 N–H and O–H groups in total. The summed E-state index contributed by atoms with van der Waals surface area (Å²) in [5.74, 6) is 0.828. The van der Waals surface area contributed by atoms with E-state index < -0.39 is 0 Å². The van der Waals surface area contributed by atoms with Crippen molar-refractivity contribution < 1.29 is 4.74 Å². The summed E-state index contributed by atoms with van der Waals surface area (Å²) in [6, 6.07) is 16.1. The van der Waals surface area contributed by atoms with Crippen molar-refractivity contribution in [3.63, 3.8) is 0 Å². The molecule has 112 valence electrons. The van der Waals surface area contributed by atoms with Gasteiger partial charge in [0.15, 0.2) is 0 Å². The van der Waals surface area contributed by atoms with Crippen molar-refractivity contribution in [3.8, 4) is 0 Å². The number of halogens is 1. The lowest BCUT2D eigenvalue weighted by atomic mass is 10.2. The number of fused-ring (bicyclic) bond motifs is 1. The molecule has 2 aromatic carbocycles. The maximum Gasteiger partial charge on any atom is 0.137 e. The molecule has 3 rings (SSSR count). The number of ether oxygens (including phenoxy) is 1. The van der Waals surface area contributed by atoms with Gasteiger partial charge in [-0.15, -0.1) is 0 Å². The molecule has 4 nitrogen and oxygen atoms in total. The molecule has 0 saturated heterocycles. The third-order valence-electron chi connectivity index (χ3n) is 3.25. The number of nitrogens with zero attached hydrogens (tertiary/aromatic N) is 2. The first kappa shape index (κ1) is 14.9. The number of rotatable bonds is 6. The minimum Gasteiger partial charge on any atom is -0.375 e. The lowest BCUT2D eigenvalue weighted by Crippen LogP contribution is -2.10. The van der Waals surface area contributed by atoms with Crippen LogP contribution in [0.2, 0.25) is 0 Å². The molecule has 5 heteroatoms. The Morgan fingerprint density at radius 3 is 2.77 bits per heavy atom. The fraction of sp³-hybridized carbons (Fsp3) is 0.176. The van der Waals surface area contributed by atoms with Gasteiger partial charge in [-0.3, -0.25) is 0 Å². The predicted octanol–water partition coefficient (Wildman–Crippen LogP) is 4.02. The van der Waals surface area contributed by atoms with E-state index in [0.717, 1.165) is 21.2 Å². The number of anilines is 1. The van der Waals surface area contributed by atoms with E-state index >= 15 is 0 Å². The van der Waals surface area contributed by atoms with E-state index in [1.807, 2.05) is 36.4 Å². The second-order valence-corrected chi connectivity index (χ2v) is 5.76. The third-order valence-corrected chi connectivity index (χ3v) is 3.74. The van der Waals surface area contributed by atoms with Crippen molar-refractivity contribution in [1.29, 1.82) is 0 Å². The summed E-state index contributed by atoms with van der Waals surface area (Å²) < 4.78 is 6.67. The van der Waals surface area contributed by atoms with Gasteiger partial charge in [0.05, 0.1) is 18.7 Å². The highest BCUT2D eigenvalue weighted by molar-refractivity contribution is 9.10. The molecule has 0 atom stereocenters. The van der Waals surface area contributed by atoms with Crippen molar-refractivity contribution in [1.82, 2.24) is 9.97 Å². The van der Waals surface area contributed by atoms with Gasteiger partial charge in [-0.1, -0.05) is 46.3 Å². The average molecular weight is 358 g/mol. The molecular formula is C17H16BrN3O. The first-order chi connectivity index (χ1) is 10.8. The van der Waals surface area contributed by atoms with Gasteiger partial charge in [0.25, 0.3) is 0 Å². The van der Waals surface area contributed by atoms with Gasteiger partial charge in [0, 0.05) is 16.4 Å². The molecule has 0 bridgehead atoms. The van der Waals surface area contributed by atoms with E-state index in [0.29, 0.717) is 19.8 Å². The fourth-order valence-corrected chi connectivity index (χ4v) is 2.54. The predicted molar refractivity (Wildman–Crippen MR) is 91.8 cm³/mol. The van der Waals surface area contributed by atoms with Crippen LogP contribution in [0.1, 0.15) is 5.56 Å². The van der Waals surface area contributed by atoms with Gasteiger partial charge in [0.1, 0.15) is 12.1 Å². The van der Waals surface area contributed by atoms with Crippen LogP contribution in [0, 0.1) is 0 Å². The second-order valence-electron chi connectivity index (χ2n) is 4.85. The molecule has 0 fully saturated rings. The molecule has 3 aromatic rings. The van der Waals surface area contributed by atoms with E-state index in [1.165, 1.54) is 5.56 Å². The molecule has 22 heavy (non-hydrogen) atoms. The molecule has 0 spiro atoms. The SMILES string of the molecule is Brc1ccc2ncnc(NCCOCc3ccccc3)c2c1. The number of hydrogen-bond donors (Lipinski definition) is 1. The highest BCUT2D eigenvalue weighted by Crippen LogP contribution is 2.23. The van der Waals surface area contributed by atoms with Gasteiger partial charge in [0.2, 0.25) is 0 Å². The smallest absolute Gasteiger partial charge is 0.137 e. The van der Waals surface area contributed by atoms with Crippen molar-refractivity contribution in [2.24, 2.45) is 0 Å². The van der Waals surface area contributed by atoms with E-state index in [-0.39, 0.29) is 0 Å². The lowest BCUT2D eigenvalue weighted by Gasteiger charge is -2.09. The van der Waals surface area contributed by atoms with Crippen LogP contribution in [0.25, 0.3) is 10.9 Å². The van der Waals surface area contributed by atoms with Crippen LogP contribution < -0.4 is 5.32 Å². The van der Waals surface area contributed by atoms with Crippen LogP contribution in [-0.4, -0.2) is 23.1 Å². The zero-order chi connectivity index (χ0) is 15.2. The van der Waals surface area contributed by atoms with E-state index in [9.17, 15) is 0 Å². The van der Waals surface area contributed by atoms with E-state index in [2.05, 4.69) is 43.3 Å². The Balaban J connectivity index is 1.55. The zero-order valence-corrected chi connectivity index (χ0v) is 13.6. The van der Waals surface area contributed by atoms with Gasteiger partial charge in [-0.2, -0.15) is 0 Å². The molecule has 1 aromatic heterocycles. The Hall–Kier alpha value is -1.98. The summed E-state index contributed by atoms with van der Waals surface area (Å²) >= 11 is 3.48. The van der Waals surface area contributed by atoms with Crippen LogP contribution in [0.5, 0.6) is 0 Å². The monoisotopic (exact) mass is 357 g/mol. The summed E-state index contributed by atoms with van der Waals surface area (Å²) in [4.78, 5) is 8.57. The Labute approximate surface area is 137 Å². The second kappa shape index (κ2) is 7.33. The average Bonchev–Trinajstić information content (AvgIpc) is 2.56. The van der Waals surface area contributed by atoms with Crippen molar-refractivity contribution in [2.75, 3.05) is 18.5 Å². The van der Waals surface area contributed by atoms with Crippen molar-refractivity contribution in [3.05, 3.63) is 64.9 Å². The number of nitrogens with one attached hydrogen (secondary N) is 1. The number of hydrogen-bond acceptors (Lipinski definition) is 4. The Bertz CT molecular complexity index is 749. The van der Waals surface area contributed by atoms with Crippen molar-refractivity contribution in [2.45, 2.75) is 6.61 Å². The highest BCUT2D eigenvalue weighted by atomic mass is 79.9. The topological polar surface area (TPSA) is 47.0 Å². The van der Waals surface area contributed by atoms with Crippen LogP contribution in [0.4, 0.5) is 5.82 Å². The van der Waals surface area contributed by atoms with Crippen LogP contribution in [0.15, 0.2) is 59.3 Å². The van der Waals surface area contributed by atoms with Crippen LogP contribution in [0.3, 0.4) is 0 Å². The van der Waals surface area contributed by atoms with Gasteiger partial charge in [-0.05, 0) is 23.8 Å². The first-order valence-electron chi connectivity index (χ1n) is 7.09. The minimum absolute atomic E-state index is 0.619. The molecule has 0 aliphatic heterocycles. The van der Waals surface area contributed by atoms with Gasteiger partial charge in [-0.25, -0.2) is 9.97 Å². The number of benzene rings is 2. The largest absolute Gasteiger partial charge is 0.375 e. The van der Waals surface area contributed by atoms with E-state index in [1.54, 1.807) is 6.33 Å². The molecule has 0 aliphatic rings. The minimum atomic E-state index is 0.619. The molecule has 0 aliphatic carbocycles. The molecule has 0 unspecified atom stereocenters. The molecule has 0 amide bonds. The maximum atomic E-state index is 5.66. The Morgan fingerprint density at radius 1 is 1.05 bits per heavy atom. The highest BCUT2D eigenvalue weighted by Gasteiger charge is 2.03. The summed E-state index contributed by atoms with van der Waals surface area (Å²) in [5.41, 5.74) is 2.10. The molecule has 1 heterocycles. The lowest BCUT2D eigenvalue weighted by molar-refractivity contribution is 0.130. The quantitative estimate of drug-likeness (QED) is 0.676. The van der Waals surface area contributed by atoms with Crippen LogP contribution in [-0.2, 0) is 11.3 Å². The summed E-state index contributed by atoms with van der Waals surface area (Å²) in [5, 5.41) is 4.30. The van der Waals surface area contributed by atoms with Crippen LogP contribution >= 0.6 is 15.9 Å². The first-order valence-corrected chi connectivity index (χ1v) is 7.88. The van der Waals surface area contributed by atoms with E-state index in [4.69, 9.17) is 4.74 Å². The van der Waals surface area contributed by atoms with Gasteiger partial charge < -0.3 is 10.1 Å². The number of aromatic nitrogens is 2. The zero-order valence-electron chi connectivity index (χ0n) is 12.0. The molecular weight excluding hydrogens is 342 g/mol. The molecule has 0 radical (unpaired) electrons. The third kappa shape index (κ3) is 3.81. The molecule has 0 saturated carbocycles. The van der Waals surface area contributed by atoms with Gasteiger partial charge >= 0.3 is 0 Å². The fourth-order valence-electron chi connectivity index (χ4n) is 2.18. The summed E-state index contributed by atoms with van der Waals surface area (Å²) in [7, 11) is 0. The maximum absolute atomic E-state index is 5.66.